The van der Waals surface area contributed by atoms with Crippen LogP contribution in [0.25, 0.3) is 0 Å². The average molecular weight is 178 g/mol. The van der Waals surface area contributed by atoms with E-state index in [0.29, 0.717) is 11.6 Å². The zero-order valence-corrected chi connectivity index (χ0v) is 7.79. The maximum absolute atomic E-state index is 11.5. The Morgan fingerprint density at radius 3 is 2.92 bits per heavy atom. The van der Waals surface area contributed by atoms with Crippen LogP contribution < -0.4 is 11.3 Å². The molecule has 3 nitrogen and oxygen atoms in total. The van der Waals surface area contributed by atoms with Gasteiger partial charge in [0.15, 0.2) is 0 Å². The summed E-state index contributed by atoms with van der Waals surface area (Å²) in [5, 5.41) is 0. The third-order valence-electron chi connectivity index (χ3n) is 2.53. The van der Waals surface area contributed by atoms with Gasteiger partial charge in [0.2, 0.25) is 0 Å². The fourth-order valence-corrected chi connectivity index (χ4v) is 1.41. The van der Waals surface area contributed by atoms with E-state index < -0.39 is 0 Å². The van der Waals surface area contributed by atoms with Gasteiger partial charge in [-0.05, 0) is 31.2 Å². The molecule has 0 spiro atoms. The highest BCUT2D eigenvalue weighted by atomic mass is 16.1. The number of aryl methyl sites for hydroxylation is 1. The molecule has 1 fully saturated rings. The predicted octanol–water partition coefficient (Wildman–Crippen LogP) is 1.15. The van der Waals surface area contributed by atoms with Gasteiger partial charge in [-0.2, -0.15) is 0 Å². The van der Waals surface area contributed by atoms with Crippen molar-refractivity contribution in [2.75, 3.05) is 5.73 Å². The van der Waals surface area contributed by atoms with E-state index in [2.05, 4.69) is 0 Å². The number of pyridine rings is 1. The normalized spacial score (nSPS) is 16.1. The van der Waals surface area contributed by atoms with Crippen LogP contribution in [0.1, 0.15) is 18.4 Å². The van der Waals surface area contributed by atoms with Crippen molar-refractivity contribution < 1.29 is 0 Å². The monoisotopic (exact) mass is 178 g/mol. The summed E-state index contributed by atoms with van der Waals surface area (Å²) in [5.41, 5.74) is 7.37. The fourth-order valence-electron chi connectivity index (χ4n) is 1.41. The van der Waals surface area contributed by atoms with E-state index in [1.165, 1.54) is 12.8 Å². The second kappa shape index (κ2) is 2.91. The standard InChI is InChI=1S/C10H14N2O/c1-7-4-10(13)12(6-9(7)11)5-8-2-3-8/h4,6,8H,2-3,5,11H2,1H3. The number of anilines is 1. The number of hydrogen-bond donors (Lipinski definition) is 1. The van der Waals surface area contributed by atoms with Crippen LogP contribution in [0.15, 0.2) is 17.1 Å². The molecule has 1 aromatic heterocycles. The summed E-state index contributed by atoms with van der Waals surface area (Å²) in [4.78, 5) is 11.5. The first-order chi connectivity index (χ1) is 6.16. The van der Waals surface area contributed by atoms with Gasteiger partial charge in [-0.1, -0.05) is 0 Å². The molecule has 1 aliphatic rings. The predicted molar refractivity (Wildman–Crippen MR) is 52.6 cm³/mol. The summed E-state index contributed by atoms with van der Waals surface area (Å²) in [6.45, 7) is 2.70. The van der Waals surface area contributed by atoms with Crippen molar-refractivity contribution in [1.82, 2.24) is 4.57 Å². The second-order valence-electron chi connectivity index (χ2n) is 3.85. The second-order valence-corrected chi connectivity index (χ2v) is 3.85. The third-order valence-corrected chi connectivity index (χ3v) is 2.53. The lowest BCUT2D eigenvalue weighted by Gasteiger charge is -2.06. The Morgan fingerprint density at radius 1 is 1.62 bits per heavy atom. The van der Waals surface area contributed by atoms with Crippen LogP contribution in [0.2, 0.25) is 0 Å². The van der Waals surface area contributed by atoms with Crippen molar-refractivity contribution in [3.8, 4) is 0 Å². The van der Waals surface area contributed by atoms with E-state index in [9.17, 15) is 4.79 Å². The SMILES string of the molecule is Cc1cc(=O)n(CC2CC2)cc1N. The van der Waals surface area contributed by atoms with E-state index in [1.807, 2.05) is 6.92 Å². The van der Waals surface area contributed by atoms with Crippen LogP contribution in [0.3, 0.4) is 0 Å². The molecule has 3 heteroatoms. The first kappa shape index (κ1) is 8.35. The summed E-state index contributed by atoms with van der Waals surface area (Å²) in [6, 6.07) is 1.61. The number of rotatable bonds is 2. The van der Waals surface area contributed by atoms with E-state index in [0.717, 1.165) is 12.1 Å². The van der Waals surface area contributed by atoms with Crippen LogP contribution in [-0.4, -0.2) is 4.57 Å². The Bertz CT molecular complexity index is 377. The van der Waals surface area contributed by atoms with Gasteiger partial charge in [-0.15, -0.1) is 0 Å². The number of hydrogen-bond acceptors (Lipinski definition) is 2. The van der Waals surface area contributed by atoms with Gasteiger partial charge < -0.3 is 10.3 Å². The van der Waals surface area contributed by atoms with Crippen molar-refractivity contribution in [3.63, 3.8) is 0 Å². The van der Waals surface area contributed by atoms with Gasteiger partial charge >= 0.3 is 0 Å². The summed E-state index contributed by atoms with van der Waals surface area (Å²) in [7, 11) is 0. The molecule has 0 bridgehead atoms. The molecule has 2 rings (SSSR count). The van der Waals surface area contributed by atoms with Crippen molar-refractivity contribution >= 4 is 5.69 Å². The van der Waals surface area contributed by atoms with E-state index in [4.69, 9.17) is 5.73 Å². The molecule has 13 heavy (non-hydrogen) atoms. The molecular weight excluding hydrogens is 164 g/mol. The Labute approximate surface area is 77.2 Å². The Hall–Kier alpha value is -1.25. The Morgan fingerprint density at radius 2 is 2.31 bits per heavy atom. The quantitative estimate of drug-likeness (QED) is 0.738. The number of aromatic nitrogens is 1. The van der Waals surface area contributed by atoms with E-state index >= 15 is 0 Å². The molecule has 0 aliphatic heterocycles. The number of nitrogen functional groups attached to an aromatic ring is 1. The molecule has 0 saturated heterocycles. The smallest absolute Gasteiger partial charge is 0.250 e. The highest BCUT2D eigenvalue weighted by Gasteiger charge is 2.22. The van der Waals surface area contributed by atoms with Crippen LogP contribution in [0.4, 0.5) is 5.69 Å². The summed E-state index contributed by atoms with van der Waals surface area (Å²) in [6.07, 6.45) is 4.26. The van der Waals surface area contributed by atoms with Gasteiger partial charge in [-0.3, -0.25) is 4.79 Å². The Balaban J connectivity index is 2.33. The minimum absolute atomic E-state index is 0.0681. The lowest BCUT2D eigenvalue weighted by Crippen LogP contribution is -2.20. The topological polar surface area (TPSA) is 48.0 Å². The van der Waals surface area contributed by atoms with Gasteiger partial charge in [0.05, 0.1) is 5.69 Å². The van der Waals surface area contributed by atoms with E-state index in [1.54, 1.807) is 16.8 Å². The number of nitrogens with zero attached hydrogens (tertiary/aromatic N) is 1. The zero-order valence-electron chi connectivity index (χ0n) is 7.79. The van der Waals surface area contributed by atoms with Gasteiger partial charge in [-0.25, -0.2) is 0 Å². The van der Waals surface area contributed by atoms with Gasteiger partial charge in [0.25, 0.3) is 5.56 Å². The maximum atomic E-state index is 11.5. The Kier molecular flexibility index (Phi) is 1.87. The van der Waals surface area contributed by atoms with Crippen LogP contribution in [0, 0.1) is 12.8 Å². The largest absolute Gasteiger partial charge is 0.397 e. The van der Waals surface area contributed by atoms with Gasteiger partial charge in [0.1, 0.15) is 0 Å². The molecular formula is C10H14N2O. The van der Waals surface area contributed by atoms with Crippen molar-refractivity contribution in [2.45, 2.75) is 26.3 Å². The summed E-state index contributed by atoms with van der Waals surface area (Å²) < 4.78 is 1.72. The first-order valence-electron chi connectivity index (χ1n) is 4.63. The van der Waals surface area contributed by atoms with Crippen molar-refractivity contribution in [1.29, 1.82) is 0 Å². The highest BCUT2D eigenvalue weighted by molar-refractivity contribution is 5.42. The first-order valence-corrected chi connectivity index (χ1v) is 4.63. The average Bonchev–Trinajstić information content (AvgIpc) is 2.84. The van der Waals surface area contributed by atoms with Crippen LogP contribution >= 0.6 is 0 Å². The summed E-state index contributed by atoms with van der Waals surface area (Å²) >= 11 is 0. The van der Waals surface area contributed by atoms with E-state index in [-0.39, 0.29) is 5.56 Å². The molecule has 0 atom stereocenters. The fraction of sp³-hybridized carbons (Fsp3) is 0.500. The van der Waals surface area contributed by atoms with Crippen molar-refractivity contribution in [2.24, 2.45) is 5.92 Å². The third kappa shape index (κ3) is 1.74. The lowest BCUT2D eigenvalue weighted by molar-refractivity contribution is 0.607. The molecule has 1 aromatic rings. The summed E-state index contributed by atoms with van der Waals surface area (Å²) in [5.74, 6) is 0.708. The minimum Gasteiger partial charge on any atom is -0.397 e. The molecule has 0 unspecified atom stereocenters. The minimum atomic E-state index is 0.0681. The molecule has 0 aromatic carbocycles. The zero-order chi connectivity index (χ0) is 9.42. The molecule has 1 aliphatic carbocycles. The van der Waals surface area contributed by atoms with Crippen LogP contribution in [-0.2, 0) is 6.54 Å². The molecule has 1 saturated carbocycles. The molecule has 0 radical (unpaired) electrons. The molecule has 1 heterocycles. The number of nitrogens with two attached hydrogens (primary N) is 1. The highest BCUT2D eigenvalue weighted by Crippen LogP contribution is 2.30. The maximum Gasteiger partial charge on any atom is 0.250 e. The molecule has 70 valence electrons. The van der Waals surface area contributed by atoms with Gasteiger partial charge in [0, 0.05) is 18.8 Å². The van der Waals surface area contributed by atoms with Crippen molar-refractivity contribution in [3.05, 3.63) is 28.2 Å². The molecule has 2 N–H and O–H groups in total. The van der Waals surface area contributed by atoms with Crippen LogP contribution in [0.5, 0.6) is 0 Å². The molecule has 0 amide bonds. The lowest BCUT2D eigenvalue weighted by atomic mass is 10.2.